The van der Waals surface area contributed by atoms with Crippen molar-refractivity contribution >= 4 is 45.4 Å². The standard InChI is InChI=1S/C32H30ClN3O7S/c1-3-4-19-42-27-14-8-24(9-15-27)32(38)43-29-18-5-22(20-30(29)41-2)21-34-35-31(37)23-6-12-26(13-7-23)36-44(39,40)28-16-10-25(33)11-17-28/h5-18,20-21,36H,3-4,19H2,1-2H3,(H,35,37)/b34-21-. The molecule has 0 atom stereocenters. The lowest BCUT2D eigenvalue weighted by molar-refractivity contribution is 0.0729. The molecule has 0 fully saturated rings. The van der Waals surface area contributed by atoms with Gasteiger partial charge in [-0.3, -0.25) is 9.52 Å². The molecular formula is C32H30ClN3O7S. The Bertz CT molecular complexity index is 1730. The van der Waals surface area contributed by atoms with Gasteiger partial charge in [-0.25, -0.2) is 18.6 Å². The van der Waals surface area contributed by atoms with E-state index in [9.17, 15) is 18.0 Å². The summed E-state index contributed by atoms with van der Waals surface area (Å²) in [5.41, 5.74) is 3.88. The highest BCUT2D eigenvalue weighted by atomic mass is 35.5. The van der Waals surface area contributed by atoms with Gasteiger partial charge in [0.2, 0.25) is 0 Å². The fourth-order valence-electron chi connectivity index (χ4n) is 3.78. The Hall–Kier alpha value is -4.87. The van der Waals surface area contributed by atoms with Crippen molar-refractivity contribution in [1.82, 2.24) is 5.43 Å². The van der Waals surface area contributed by atoms with E-state index in [2.05, 4.69) is 22.2 Å². The normalized spacial score (nSPS) is 11.2. The van der Waals surface area contributed by atoms with Gasteiger partial charge in [0, 0.05) is 16.3 Å². The minimum absolute atomic E-state index is 0.0548. The maximum absolute atomic E-state index is 12.7. The first-order chi connectivity index (χ1) is 21.2. The van der Waals surface area contributed by atoms with Crippen LogP contribution in [0.3, 0.4) is 0 Å². The fourth-order valence-corrected chi connectivity index (χ4v) is 4.96. The molecule has 0 bridgehead atoms. The SMILES string of the molecule is CCCCOc1ccc(C(=O)Oc2ccc(/C=N\NC(=O)c3ccc(NS(=O)(=O)c4ccc(Cl)cc4)cc3)cc2OC)cc1. The predicted molar refractivity (Wildman–Crippen MR) is 169 cm³/mol. The number of ether oxygens (including phenoxy) is 3. The molecule has 0 aliphatic rings. The zero-order valence-electron chi connectivity index (χ0n) is 24.0. The van der Waals surface area contributed by atoms with E-state index in [1.54, 1.807) is 42.5 Å². The molecule has 0 aromatic heterocycles. The molecule has 0 aliphatic carbocycles. The number of carbonyl (C=O) groups excluding carboxylic acids is 2. The zero-order valence-corrected chi connectivity index (χ0v) is 25.5. The second-order valence-electron chi connectivity index (χ2n) is 9.36. The molecule has 4 aromatic rings. The van der Waals surface area contributed by atoms with Crippen LogP contribution in [-0.4, -0.2) is 40.2 Å². The van der Waals surface area contributed by atoms with Crippen LogP contribution in [-0.2, 0) is 10.0 Å². The van der Waals surface area contributed by atoms with Crippen LogP contribution >= 0.6 is 11.6 Å². The second-order valence-corrected chi connectivity index (χ2v) is 11.5. The highest BCUT2D eigenvalue weighted by molar-refractivity contribution is 7.92. The van der Waals surface area contributed by atoms with Gasteiger partial charge in [-0.15, -0.1) is 0 Å². The Morgan fingerprint density at radius 3 is 2.23 bits per heavy atom. The molecule has 0 heterocycles. The number of carbonyl (C=O) groups is 2. The first-order valence-electron chi connectivity index (χ1n) is 13.5. The average molecular weight is 636 g/mol. The van der Waals surface area contributed by atoms with Crippen LogP contribution in [0.2, 0.25) is 5.02 Å². The molecule has 0 aliphatic heterocycles. The van der Waals surface area contributed by atoms with E-state index in [4.69, 9.17) is 25.8 Å². The number of amides is 1. The van der Waals surface area contributed by atoms with Crippen molar-refractivity contribution in [1.29, 1.82) is 0 Å². The predicted octanol–water partition coefficient (Wildman–Crippen LogP) is 6.31. The summed E-state index contributed by atoms with van der Waals surface area (Å²) in [4.78, 5) is 25.2. The van der Waals surface area contributed by atoms with Gasteiger partial charge in [-0.05, 0) is 103 Å². The van der Waals surface area contributed by atoms with E-state index in [-0.39, 0.29) is 21.9 Å². The van der Waals surface area contributed by atoms with Crippen molar-refractivity contribution in [3.8, 4) is 17.2 Å². The molecule has 44 heavy (non-hydrogen) atoms. The molecule has 0 saturated carbocycles. The van der Waals surface area contributed by atoms with Gasteiger partial charge in [0.15, 0.2) is 11.5 Å². The summed E-state index contributed by atoms with van der Waals surface area (Å²) in [5, 5.41) is 4.39. The molecule has 4 aromatic carbocycles. The third-order valence-corrected chi connectivity index (χ3v) is 7.80. The van der Waals surface area contributed by atoms with Gasteiger partial charge in [0.1, 0.15) is 5.75 Å². The van der Waals surface area contributed by atoms with Crippen LogP contribution in [0.1, 0.15) is 46.0 Å². The number of hydrogen-bond donors (Lipinski definition) is 2. The van der Waals surface area contributed by atoms with Crippen LogP contribution in [0.15, 0.2) is 101 Å². The molecule has 1 amide bonds. The highest BCUT2D eigenvalue weighted by Gasteiger charge is 2.15. The van der Waals surface area contributed by atoms with Crippen LogP contribution in [0.5, 0.6) is 17.2 Å². The van der Waals surface area contributed by atoms with E-state index in [1.165, 1.54) is 61.9 Å². The summed E-state index contributed by atoms with van der Waals surface area (Å²) < 4.78 is 44.1. The Morgan fingerprint density at radius 2 is 1.57 bits per heavy atom. The smallest absolute Gasteiger partial charge is 0.343 e. The van der Waals surface area contributed by atoms with Crippen molar-refractivity contribution < 1.29 is 32.2 Å². The molecule has 10 nitrogen and oxygen atoms in total. The van der Waals surface area contributed by atoms with Crippen molar-refractivity contribution in [3.63, 3.8) is 0 Å². The average Bonchev–Trinajstić information content (AvgIpc) is 3.02. The lowest BCUT2D eigenvalue weighted by Gasteiger charge is -2.10. The van der Waals surface area contributed by atoms with Gasteiger partial charge in [-0.2, -0.15) is 5.10 Å². The molecule has 0 unspecified atom stereocenters. The summed E-state index contributed by atoms with van der Waals surface area (Å²) in [6.07, 6.45) is 3.38. The van der Waals surface area contributed by atoms with E-state index >= 15 is 0 Å². The summed E-state index contributed by atoms with van der Waals surface area (Å²) in [7, 11) is -2.38. The zero-order chi connectivity index (χ0) is 31.5. The minimum atomic E-state index is -3.82. The number of halogens is 1. The lowest BCUT2D eigenvalue weighted by Crippen LogP contribution is -2.18. The van der Waals surface area contributed by atoms with E-state index in [1.807, 2.05) is 0 Å². The number of unbranched alkanes of at least 4 members (excludes halogenated alkanes) is 1. The van der Waals surface area contributed by atoms with Crippen LogP contribution < -0.4 is 24.4 Å². The number of methoxy groups -OCH3 is 1. The highest BCUT2D eigenvalue weighted by Crippen LogP contribution is 2.29. The summed E-state index contributed by atoms with van der Waals surface area (Å²) in [6, 6.07) is 23.1. The molecule has 0 saturated heterocycles. The quantitative estimate of drug-likeness (QED) is 0.0578. The number of nitrogens with one attached hydrogen (secondary N) is 2. The Morgan fingerprint density at radius 1 is 0.886 bits per heavy atom. The third-order valence-electron chi connectivity index (χ3n) is 6.15. The topological polar surface area (TPSA) is 132 Å². The Kier molecular flexibility index (Phi) is 11.0. The van der Waals surface area contributed by atoms with Gasteiger partial charge in [0.05, 0.1) is 30.4 Å². The number of rotatable bonds is 13. The molecule has 228 valence electrons. The van der Waals surface area contributed by atoms with Gasteiger partial charge >= 0.3 is 5.97 Å². The van der Waals surface area contributed by atoms with Crippen molar-refractivity contribution in [2.75, 3.05) is 18.4 Å². The molecule has 2 N–H and O–H groups in total. The van der Waals surface area contributed by atoms with Gasteiger partial charge < -0.3 is 14.2 Å². The number of hydrogen-bond acceptors (Lipinski definition) is 8. The van der Waals surface area contributed by atoms with Crippen LogP contribution in [0.25, 0.3) is 0 Å². The van der Waals surface area contributed by atoms with E-state index in [0.29, 0.717) is 34.3 Å². The number of hydrazone groups is 1. The summed E-state index contributed by atoms with van der Waals surface area (Å²) in [6.45, 7) is 2.70. The van der Waals surface area contributed by atoms with Crippen LogP contribution in [0.4, 0.5) is 5.69 Å². The van der Waals surface area contributed by atoms with Crippen LogP contribution in [0, 0.1) is 0 Å². The van der Waals surface area contributed by atoms with Gasteiger partial charge in [-0.1, -0.05) is 24.9 Å². The largest absolute Gasteiger partial charge is 0.494 e. The molecule has 4 rings (SSSR count). The summed E-state index contributed by atoms with van der Waals surface area (Å²) >= 11 is 5.82. The lowest BCUT2D eigenvalue weighted by atomic mass is 10.2. The first kappa shape index (κ1) is 32.1. The maximum Gasteiger partial charge on any atom is 0.343 e. The van der Waals surface area contributed by atoms with Crippen molar-refractivity contribution in [3.05, 3.63) is 113 Å². The molecule has 0 spiro atoms. The monoisotopic (exact) mass is 635 g/mol. The first-order valence-corrected chi connectivity index (χ1v) is 15.4. The van der Waals surface area contributed by atoms with Crippen molar-refractivity contribution in [2.24, 2.45) is 5.10 Å². The van der Waals surface area contributed by atoms with E-state index in [0.717, 1.165) is 12.8 Å². The third kappa shape index (κ3) is 8.82. The van der Waals surface area contributed by atoms with E-state index < -0.39 is 21.9 Å². The number of anilines is 1. The number of esters is 1. The maximum atomic E-state index is 12.7. The Balaban J connectivity index is 1.32. The molecule has 0 radical (unpaired) electrons. The number of benzene rings is 4. The Labute approximate surface area is 260 Å². The molecule has 12 heteroatoms. The van der Waals surface area contributed by atoms with Gasteiger partial charge in [0.25, 0.3) is 15.9 Å². The summed E-state index contributed by atoms with van der Waals surface area (Å²) in [5.74, 6) is 0.130. The van der Waals surface area contributed by atoms with Crippen molar-refractivity contribution in [2.45, 2.75) is 24.7 Å². The fraction of sp³-hybridized carbons (Fsp3) is 0.156. The number of sulfonamides is 1. The molecular weight excluding hydrogens is 606 g/mol. The number of nitrogens with zero attached hydrogens (tertiary/aromatic N) is 1. The minimum Gasteiger partial charge on any atom is -0.494 e. The second kappa shape index (κ2) is 15.0.